The van der Waals surface area contributed by atoms with Gasteiger partial charge in [-0.15, -0.1) is 0 Å². The summed E-state index contributed by atoms with van der Waals surface area (Å²) < 4.78 is 83.6. The van der Waals surface area contributed by atoms with Gasteiger partial charge in [-0.1, -0.05) is 0 Å². The van der Waals surface area contributed by atoms with Gasteiger partial charge in [-0.3, -0.25) is 5.32 Å². The number of amides is 2. The number of pyridine rings is 1. The molecule has 0 saturated carbocycles. The molecule has 0 aliphatic heterocycles. The van der Waals surface area contributed by atoms with Gasteiger partial charge in [0.15, 0.2) is 13.2 Å². The van der Waals surface area contributed by atoms with E-state index in [0.29, 0.717) is 9.02 Å². The Morgan fingerprint density at radius 2 is 1.73 bits per heavy atom. The minimum atomic E-state index is -4.77. The molecule has 2 aromatic heterocycles. The van der Waals surface area contributed by atoms with Crippen molar-refractivity contribution in [3.63, 3.8) is 0 Å². The Hall–Kier alpha value is -2.55. The number of urea groups is 1. The maximum Gasteiger partial charge on any atom is 0.422 e. The standard InChI is InChI=1S/C14H9BrClF6N5O3/c15-8-2-1-7(4-23-8)27(16)12(28)25-9-3-10(29-5-13(17,18)19)26-11(24-9)30-6-14(20,21)22/h1-4H,5-6H2,(H,24,25,26,28). The fourth-order valence-corrected chi connectivity index (χ4v) is 2.05. The summed E-state index contributed by atoms with van der Waals surface area (Å²) in [5, 5.41) is 2.07. The summed E-state index contributed by atoms with van der Waals surface area (Å²) in [6.07, 6.45) is -8.30. The van der Waals surface area contributed by atoms with Crippen molar-refractivity contribution >= 4 is 45.2 Å². The number of rotatable bonds is 6. The molecule has 0 aliphatic carbocycles. The fraction of sp³-hybridized carbons (Fsp3) is 0.286. The van der Waals surface area contributed by atoms with Crippen LogP contribution in [0.3, 0.4) is 0 Å². The third kappa shape index (κ3) is 8.06. The van der Waals surface area contributed by atoms with Crippen molar-refractivity contribution in [1.29, 1.82) is 0 Å². The van der Waals surface area contributed by atoms with Crippen molar-refractivity contribution in [1.82, 2.24) is 15.0 Å². The highest BCUT2D eigenvalue weighted by molar-refractivity contribution is 9.10. The molecule has 2 heterocycles. The molecule has 0 bridgehead atoms. The van der Waals surface area contributed by atoms with Crippen LogP contribution < -0.4 is 19.2 Å². The molecule has 0 radical (unpaired) electrons. The second-order valence-corrected chi connectivity index (χ2v) is 6.38. The van der Waals surface area contributed by atoms with Gasteiger partial charge in [-0.25, -0.2) is 14.2 Å². The number of carbonyl (C=O) groups excluding carboxylic acids is 1. The lowest BCUT2D eigenvalue weighted by Crippen LogP contribution is -2.27. The summed E-state index contributed by atoms with van der Waals surface area (Å²) in [6, 6.07) is 1.58. The first-order valence-electron chi connectivity index (χ1n) is 7.49. The van der Waals surface area contributed by atoms with Crippen molar-refractivity contribution in [3.05, 3.63) is 29.0 Å². The molecule has 164 valence electrons. The molecule has 0 aliphatic rings. The zero-order valence-corrected chi connectivity index (χ0v) is 16.6. The third-order valence-electron chi connectivity index (χ3n) is 2.78. The molecule has 16 heteroatoms. The molecule has 2 rings (SSSR count). The lowest BCUT2D eigenvalue weighted by Gasteiger charge is -2.16. The fourth-order valence-electron chi connectivity index (χ4n) is 1.67. The molecule has 0 fully saturated rings. The Morgan fingerprint density at radius 1 is 1.10 bits per heavy atom. The van der Waals surface area contributed by atoms with E-state index in [9.17, 15) is 31.1 Å². The van der Waals surface area contributed by atoms with Gasteiger partial charge in [0.2, 0.25) is 5.88 Å². The normalized spacial score (nSPS) is 11.7. The molecular formula is C14H9BrClF6N5O3. The maximum absolute atomic E-state index is 12.3. The predicted molar refractivity (Wildman–Crippen MR) is 94.4 cm³/mol. The van der Waals surface area contributed by atoms with Crippen molar-refractivity contribution in [2.75, 3.05) is 22.9 Å². The molecule has 0 aromatic carbocycles. The summed E-state index contributed by atoms with van der Waals surface area (Å²) >= 11 is 8.92. The number of anilines is 2. The first kappa shape index (κ1) is 23.7. The van der Waals surface area contributed by atoms with Crippen molar-refractivity contribution < 1.29 is 40.6 Å². The van der Waals surface area contributed by atoms with E-state index >= 15 is 0 Å². The number of halogens is 8. The van der Waals surface area contributed by atoms with Crippen LogP contribution in [-0.4, -0.2) is 46.5 Å². The highest BCUT2D eigenvalue weighted by atomic mass is 79.9. The molecular weight excluding hydrogens is 516 g/mol. The number of ether oxygens (including phenoxy) is 2. The highest BCUT2D eigenvalue weighted by Crippen LogP contribution is 2.24. The van der Waals surface area contributed by atoms with E-state index in [1.807, 2.05) is 0 Å². The summed E-state index contributed by atoms with van der Waals surface area (Å²) in [4.78, 5) is 22.8. The minimum absolute atomic E-state index is 0.105. The van der Waals surface area contributed by atoms with Crippen LogP contribution in [0.5, 0.6) is 11.9 Å². The van der Waals surface area contributed by atoms with E-state index in [1.165, 1.54) is 18.3 Å². The van der Waals surface area contributed by atoms with Crippen LogP contribution in [0.25, 0.3) is 0 Å². The average molecular weight is 525 g/mol. The zero-order valence-electron chi connectivity index (χ0n) is 14.3. The minimum Gasteiger partial charge on any atom is -0.468 e. The Labute approximate surface area is 177 Å². The second kappa shape index (κ2) is 9.51. The maximum atomic E-state index is 12.3. The molecule has 0 atom stereocenters. The van der Waals surface area contributed by atoms with E-state index in [1.54, 1.807) is 0 Å². The highest BCUT2D eigenvalue weighted by Gasteiger charge is 2.31. The van der Waals surface area contributed by atoms with Gasteiger partial charge in [0, 0.05) is 17.8 Å². The van der Waals surface area contributed by atoms with Gasteiger partial charge >= 0.3 is 24.4 Å². The predicted octanol–water partition coefficient (Wildman–Crippen LogP) is 4.71. The molecule has 0 spiro atoms. The largest absolute Gasteiger partial charge is 0.468 e. The Bertz CT molecular complexity index is 848. The first-order chi connectivity index (χ1) is 13.8. The Kier molecular flexibility index (Phi) is 7.52. The van der Waals surface area contributed by atoms with Gasteiger partial charge in [0.05, 0.1) is 11.9 Å². The summed E-state index contributed by atoms with van der Waals surface area (Å²) in [6.45, 7) is -3.61. The third-order valence-corrected chi connectivity index (χ3v) is 3.60. The van der Waals surface area contributed by atoms with Crippen LogP contribution in [0.15, 0.2) is 29.0 Å². The molecule has 30 heavy (non-hydrogen) atoms. The van der Waals surface area contributed by atoms with Crippen LogP contribution in [0, 0.1) is 0 Å². The number of nitrogens with zero attached hydrogens (tertiary/aromatic N) is 4. The molecule has 2 aromatic rings. The van der Waals surface area contributed by atoms with E-state index in [0.717, 1.165) is 6.07 Å². The number of alkyl halides is 6. The number of nitrogens with one attached hydrogen (secondary N) is 1. The molecule has 1 N–H and O–H groups in total. The van der Waals surface area contributed by atoms with E-state index in [-0.39, 0.29) is 5.69 Å². The monoisotopic (exact) mass is 523 g/mol. The summed E-state index contributed by atoms with van der Waals surface area (Å²) in [5.74, 6) is -1.32. The van der Waals surface area contributed by atoms with E-state index < -0.39 is 49.3 Å². The molecule has 2 amide bonds. The second-order valence-electron chi connectivity index (χ2n) is 5.23. The van der Waals surface area contributed by atoms with Gasteiger partial charge < -0.3 is 9.47 Å². The van der Waals surface area contributed by atoms with E-state index in [2.05, 4.69) is 45.7 Å². The lowest BCUT2D eigenvalue weighted by molar-refractivity contribution is -0.155. The summed E-state index contributed by atoms with van der Waals surface area (Å²) in [7, 11) is 0. The topological polar surface area (TPSA) is 89.5 Å². The Morgan fingerprint density at radius 3 is 2.30 bits per heavy atom. The number of aromatic nitrogens is 3. The number of hydrogen-bond donors (Lipinski definition) is 1. The smallest absolute Gasteiger partial charge is 0.422 e. The molecule has 8 nitrogen and oxygen atoms in total. The number of hydrogen-bond acceptors (Lipinski definition) is 6. The van der Waals surface area contributed by atoms with Crippen LogP contribution in [0.1, 0.15) is 0 Å². The number of carbonyl (C=O) groups is 1. The molecule has 0 unspecified atom stereocenters. The van der Waals surface area contributed by atoms with E-state index in [4.69, 9.17) is 11.8 Å². The van der Waals surface area contributed by atoms with Crippen LogP contribution in [0.2, 0.25) is 0 Å². The molecule has 0 saturated heterocycles. The van der Waals surface area contributed by atoms with Crippen LogP contribution in [0.4, 0.5) is 42.6 Å². The summed E-state index contributed by atoms with van der Waals surface area (Å²) in [5.41, 5.74) is 0.105. The van der Waals surface area contributed by atoms with Crippen LogP contribution in [-0.2, 0) is 0 Å². The van der Waals surface area contributed by atoms with Gasteiger partial charge in [0.25, 0.3) is 0 Å². The van der Waals surface area contributed by atoms with Crippen molar-refractivity contribution in [2.45, 2.75) is 12.4 Å². The SMILES string of the molecule is O=C(Nc1cc(OCC(F)(F)F)nc(OCC(F)(F)F)n1)N(Cl)c1ccc(Br)nc1. The van der Waals surface area contributed by atoms with Gasteiger partial charge in [0.1, 0.15) is 10.4 Å². The van der Waals surface area contributed by atoms with Gasteiger partial charge in [-0.05, 0) is 28.1 Å². The van der Waals surface area contributed by atoms with Gasteiger partial charge in [-0.2, -0.15) is 36.3 Å². The van der Waals surface area contributed by atoms with Crippen LogP contribution >= 0.6 is 27.7 Å². The lowest BCUT2D eigenvalue weighted by atomic mass is 10.4. The average Bonchev–Trinajstić information content (AvgIpc) is 2.63. The first-order valence-corrected chi connectivity index (χ1v) is 8.62. The van der Waals surface area contributed by atoms with Crippen molar-refractivity contribution in [3.8, 4) is 11.9 Å². The zero-order chi connectivity index (χ0) is 22.5. The van der Waals surface area contributed by atoms with Crippen molar-refractivity contribution in [2.24, 2.45) is 0 Å². The Balaban J connectivity index is 2.20. The quantitative estimate of drug-likeness (QED) is 0.335.